The molecule has 6 heteroatoms. The first-order valence-electron chi connectivity index (χ1n) is 5.54. The molecule has 96 valence electrons. The van der Waals surface area contributed by atoms with E-state index < -0.39 is 22.1 Å². The van der Waals surface area contributed by atoms with Crippen LogP contribution in [0.15, 0.2) is 30.3 Å². The molecule has 1 fully saturated rings. The third-order valence-corrected chi connectivity index (χ3v) is 4.51. The van der Waals surface area contributed by atoms with E-state index in [4.69, 9.17) is 5.26 Å². The zero-order chi connectivity index (χ0) is 13.3. The molecule has 0 spiro atoms. The standard InChI is InChI=1S/C12H14N2O3S/c1-18(16,17)14-10(7-13)12(11(14)8-15)9-5-3-2-4-6-9/h2-6,10-12,15H,8H2,1H3/t10-,11-,12-/m1/s1. The van der Waals surface area contributed by atoms with Crippen molar-refractivity contribution in [3.8, 4) is 6.07 Å². The second-order valence-electron chi connectivity index (χ2n) is 4.35. The molecule has 0 amide bonds. The van der Waals surface area contributed by atoms with Crippen LogP contribution in [0.25, 0.3) is 0 Å². The smallest absolute Gasteiger partial charge is 0.212 e. The van der Waals surface area contributed by atoms with E-state index in [0.29, 0.717) is 0 Å². The van der Waals surface area contributed by atoms with Crippen LogP contribution in [0.1, 0.15) is 11.5 Å². The van der Waals surface area contributed by atoms with E-state index in [0.717, 1.165) is 16.1 Å². The van der Waals surface area contributed by atoms with Crippen molar-refractivity contribution in [1.29, 1.82) is 5.26 Å². The monoisotopic (exact) mass is 266 g/mol. The Balaban J connectivity index is 2.37. The van der Waals surface area contributed by atoms with Crippen LogP contribution >= 0.6 is 0 Å². The topological polar surface area (TPSA) is 81.4 Å². The van der Waals surface area contributed by atoms with Crippen molar-refractivity contribution in [2.75, 3.05) is 12.9 Å². The van der Waals surface area contributed by atoms with E-state index >= 15 is 0 Å². The molecule has 0 aromatic heterocycles. The van der Waals surface area contributed by atoms with Gasteiger partial charge in [-0.05, 0) is 5.56 Å². The van der Waals surface area contributed by atoms with E-state index in [1.807, 2.05) is 36.4 Å². The molecule has 3 atom stereocenters. The summed E-state index contributed by atoms with van der Waals surface area (Å²) in [6.07, 6.45) is 1.06. The fourth-order valence-corrected chi connectivity index (χ4v) is 3.78. The van der Waals surface area contributed by atoms with E-state index in [9.17, 15) is 13.5 Å². The Bertz CT molecular complexity index is 565. The maximum Gasteiger partial charge on any atom is 0.212 e. The highest BCUT2D eigenvalue weighted by Gasteiger charge is 2.53. The molecule has 1 heterocycles. The summed E-state index contributed by atoms with van der Waals surface area (Å²) < 4.78 is 24.3. The number of sulfonamides is 1. The minimum Gasteiger partial charge on any atom is -0.395 e. The van der Waals surface area contributed by atoms with Crippen molar-refractivity contribution in [3.05, 3.63) is 35.9 Å². The van der Waals surface area contributed by atoms with Gasteiger partial charge in [-0.15, -0.1) is 0 Å². The van der Waals surface area contributed by atoms with Crippen LogP contribution in [0.5, 0.6) is 0 Å². The average molecular weight is 266 g/mol. The molecule has 5 nitrogen and oxygen atoms in total. The summed E-state index contributed by atoms with van der Waals surface area (Å²) in [4.78, 5) is 0. The van der Waals surface area contributed by atoms with Gasteiger partial charge in [-0.2, -0.15) is 9.57 Å². The average Bonchev–Trinajstić information content (AvgIpc) is 2.28. The van der Waals surface area contributed by atoms with Crippen molar-refractivity contribution >= 4 is 10.0 Å². The molecule has 1 aromatic rings. The van der Waals surface area contributed by atoms with E-state index in [-0.39, 0.29) is 12.5 Å². The highest BCUT2D eigenvalue weighted by atomic mass is 32.2. The highest BCUT2D eigenvalue weighted by Crippen LogP contribution is 2.41. The van der Waals surface area contributed by atoms with Gasteiger partial charge in [0.1, 0.15) is 6.04 Å². The lowest BCUT2D eigenvalue weighted by Gasteiger charge is -2.49. The van der Waals surface area contributed by atoms with Gasteiger partial charge >= 0.3 is 0 Å². The molecule has 0 aliphatic carbocycles. The van der Waals surface area contributed by atoms with Gasteiger partial charge in [-0.3, -0.25) is 0 Å². The highest BCUT2D eigenvalue weighted by molar-refractivity contribution is 7.88. The SMILES string of the molecule is CS(=O)(=O)N1[C@H](C#N)[C@@H](c2ccccc2)[C@H]1CO. The van der Waals surface area contributed by atoms with Crippen LogP contribution in [-0.4, -0.2) is 42.8 Å². The molecule has 0 radical (unpaired) electrons. The van der Waals surface area contributed by atoms with E-state index in [2.05, 4.69) is 0 Å². The van der Waals surface area contributed by atoms with Crippen molar-refractivity contribution < 1.29 is 13.5 Å². The first-order valence-corrected chi connectivity index (χ1v) is 7.39. The molecule has 1 saturated heterocycles. The third kappa shape index (κ3) is 2.01. The molecule has 0 bridgehead atoms. The Morgan fingerprint density at radius 3 is 2.44 bits per heavy atom. The molecule has 0 unspecified atom stereocenters. The van der Waals surface area contributed by atoms with Crippen molar-refractivity contribution in [2.24, 2.45) is 0 Å². The lowest BCUT2D eigenvalue weighted by molar-refractivity contribution is 0.0564. The maximum atomic E-state index is 11.6. The molecular formula is C12H14N2O3S. The van der Waals surface area contributed by atoms with Crippen LogP contribution in [0.2, 0.25) is 0 Å². The quantitative estimate of drug-likeness (QED) is 0.853. The molecule has 1 aliphatic heterocycles. The van der Waals surface area contributed by atoms with Crippen molar-refractivity contribution in [2.45, 2.75) is 18.0 Å². The zero-order valence-electron chi connectivity index (χ0n) is 9.89. The number of rotatable bonds is 3. The largest absolute Gasteiger partial charge is 0.395 e. The second-order valence-corrected chi connectivity index (χ2v) is 6.24. The fourth-order valence-electron chi connectivity index (χ4n) is 2.49. The van der Waals surface area contributed by atoms with Gasteiger partial charge in [-0.25, -0.2) is 8.42 Å². The fraction of sp³-hybridized carbons (Fsp3) is 0.417. The van der Waals surface area contributed by atoms with Gasteiger partial charge in [-0.1, -0.05) is 30.3 Å². The molecule has 1 aromatic carbocycles. The van der Waals surface area contributed by atoms with Crippen LogP contribution in [0.4, 0.5) is 0 Å². The first-order chi connectivity index (χ1) is 8.50. The maximum absolute atomic E-state index is 11.6. The Morgan fingerprint density at radius 2 is 2.00 bits per heavy atom. The number of aliphatic hydroxyl groups is 1. The number of aliphatic hydroxyl groups excluding tert-OH is 1. The minimum atomic E-state index is -3.48. The summed E-state index contributed by atoms with van der Waals surface area (Å²) >= 11 is 0. The summed E-state index contributed by atoms with van der Waals surface area (Å²) in [6.45, 7) is -0.287. The summed E-state index contributed by atoms with van der Waals surface area (Å²) in [6, 6.07) is 9.93. The summed E-state index contributed by atoms with van der Waals surface area (Å²) in [5.74, 6) is -0.268. The summed E-state index contributed by atoms with van der Waals surface area (Å²) in [7, 11) is -3.48. The van der Waals surface area contributed by atoms with E-state index in [1.54, 1.807) is 0 Å². The Morgan fingerprint density at radius 1 is 1.39 bits per heavy atom. The van der Waals surface area contributed by atoms with Crippen LogP contribution in [0.3, 0.4) is 0 Å². The number of benzene rings is 1. The van der Waals surface area contributed by atoms with Gasteiger partial charge in [0.25, 0.3) is 0 Å². The Kier molecular flexibility index (Phi) is 3.39. The third-order valence-electron chi connectivity index (χ3n) is 3.24. The normalized spacial score (nSPS) is 28.4. The van der Waals surface area contributed by atoms with Crippen molar-refractivity contribution in [3.63, 3.8) is 0 Å². The van der Waals surface area contributed by atoms with Gasteiger partial charge in [0.05, 0.1) is 25.0 Å². The Hall–Kier alpha value is -1.42. The summed E-state index contributed by atoms with van der Waals surface area (Å²) in [5.41, 5.74) is 0.878. The second kappa shape index (κ2) is 4.69. The molecular weight excluding hydrogens is 252 g/mol. The minimum absolute atomic E-state index is 0.268. The number of nitrogens with zero attached hydrogens (tertiary/aromatic N) is 2. The predicted molar refractivity (Wildman–Crippen MR) is 66.1 cm³/mol. The van der Waals surface area contributed by atoms with Crippen molar-refractivity contribution in [1.82, 2.24) is 4.31 Å². The van der Waals surface area contributed by atoms with Crippen LogP contribution in [-0.2, 0) is 10.0 Å². The van der Waals surface area contributed by atoms with Gasteiger partial charge < -0.3 is 5.11 Å². The first kappa shape index (κ1) is 13.0. The molecule has 1 N–H and O–H groups in total. The molecule has 0 saturated carbocycles. The van der Waals surface area contributed by atoms with Gasteiger partial charge in [0, 0.05) is 5.92 Å². The predicted octanol–water partition coefficient (Wildman–Crippen LogP) is 0.298. The van der Waals surface area contributed by atoms with E-state index in [1.165, 1.54) is 0 Å². The Labute approximate surface area is 106 Å². The van der Waals surface area contributed by atoms with Crippen LogP contribution < -0.4 is 0 Å². The number of hydrogen-bond acceptors (Lipinski definition) is 4. The van der Waals surface area contributed by atoms with Gasteiger partial charge in [0.2, 0.25) is 10.0 Å². The molecule has 2 rings (SSSR count). The van der Waals surface area contributed by atoms with Gasteiger partial charge in [0.15, 0.2) is 0 Å². The molecule has 1 aliphatic rings. The number of nitriles is 1. The zero-order valence-corrected chi connectivity index (χ0v) is 10.7. The summed E-state index contributed by atoms with van der Waals surface area (Å²) in [5, 5.41) is 18.5. The van der Waals surface area contributed by atoms with Crippen LogP contribution in [0, 0.1) is 11.3 Å². The lowest BCUT2D eigenvalue weighted by atomic mass is 9.78. The number of hydrogen-bond donors (Lipinski definition) is 1. The molecule has 18 heavy (non-hydrogen) atoms. The lowest BCUT2D eigenvalue weighted by Crippen LogP contribution is -2.64.